The van der Waals surface area contributed by atoms with Crippen molar-refractivity contribution in [3.63, 3.8) is 0 Å². The van der Waals surface area contributed by atoms with Crippen LogP contribution in [0.15, 0.2) is 78.9 Å². The van der Waals surface area contributed by atoms with Crippen LogP contribution >= 0.6 is 11.6 Å². The lowest BCUT2D eigenvalue weighted by molar-refractivity contribution is -0.120. The van der Waals surface area contributed by atoms with Crippen LogP contribution in [-0.2, 0) is 4.79 Å². The zero-order valence-electron chi connectivity index (χ0n) is 17.4. The first-order valence-electron chi connectivity index (χ1n) is 10.5. The standard InChI is InChI=1S/C26H25ClN2O2/c1-18-11-15-21(16-12-18)29(26(31)28-23-10-6-5-9-22(23)27)24(17-25(30)20-13-14-20)19-7-3-2-4-8-19/h2-12,15-16,20,24H,13-14,17H2,1H3,(H,28,31). The summed E-state index contributed by atoms with van der Waals surface area (Å²) in [5.74, 6) is 0.328. The summed E-state index contributed by atoms with van der Waals surface area (Å²) in [6, 6.07) is 23.9. The van der Waals surface area contributed by atoms with Gasteiger partial charge in [0.05, 0.1) is 16.8 Å². The van der Waals surface area contributed by atoms with Gasteiger partial charge >= 0.3 is 6.03 Å². The second-order valence-corrected chi connectivity index (χ2v) is 8.39. The summed E-state index contributed by atoms with van der Waals surface area (Å²) in [5.41, 5.74) is 3.28. The molecular formula is C26H25ClN2O2. The quantitative estimate of drug-likeness (QED) is 0.446. The Bertz CT molecular complexity index is 1060. The predicted octanol–water partition coefficient (Wildman–Crippen LogP) is 6.80. The molecule has 0 aliphatic heterocycles. The van der Waals surface area contributed by atoms with Crippen molar-refractivity contribution in [2.24, 2.45) is 5.92 Å². The minimum absolute atomic E-state index is 0.123. The summed E-state index contributed by atoms with van der Waals surface area (Å²) in [7, 11) is 0. The lowest BCUT2D eigenvalue weighted by Gasteiger charge is -2.32. The molecule has 4 rings (SSSR count). The highest BCUT2D eigenvalue weighted by molar-refractivity contribution is 6.33. The highest BCUT2D eigenvalue weighted by Gasteiger charge is 2.35. The molecule has 2 amide bonds. The van der Waals surface area contributed by atoms with Crippen molar-refractivity contribution in [1.82, 2.24) is 0 Å². The average Bonchev–Trinajstić information content (AvgIpc) is 3.62. The third kappa shape index (κ3) is 5.15. The van der Waals surface area contributed by atoms with Crippen molar-refractivity contribution < 1.29 is 9.59 Å². The Morgan fingerprint density at radius 2 is 1.61 bits per heavy atom. The maximum atomic E-state index is 13.6. The fourth-order valence-corrected chi connectivity index (χ4v) is 3.86. The SMILES string of the molecule is Cc1ccc(N(C(=O)Nc2ccccc2Cl)C(CC(=O)C2CC2)c2ccccc2)cc1. The molecular weight excluding hydrogens is 408 g/mol. The van der Waals surface area contributed by atoms with Crippen LogP contribution in [0.3, 0.4) is 0 Å². The van der Waals surface area contributed by atoms with E-state index in [1.54, 1.807) is 17.0 Å². The molecule has 158 valence electrons. The number of urea groups is 1. The molecule has 0 saturated heterocycles. The topological polar surface area (TPSA) is 49.4 Å². The number of halogens is 1. The normalized spacial score (nSPS) is 14.0. The van der Waals surface area contributed by atoms with E-state index < -0.39 is 6.04 Å². The van der Waals surface area contributed by atoms with Gasteiger partial charge < -0.3 is 5.32 Å². The maximum absolute atomic E-state index is 13.6. The monoisotopic (exact) mass is 432 g/mol. The predicted molar refractivity (Wildman–Crippen MR) is 126 cm³/mol. The van der Waals surface area contributed by atoms with Gasteiger partial charge in [0.2, 0.25) is 0 Å². The van der Waals surface area contributed by atoms with Crippen molar-refractivity contribution in [2.45, 2.75) is 32.2 Å². The van der Waals surface area contributed by atoms with Gasteiger partial charge in [0.25, 0.3) is 0 Å². The minimum Gasteiger partial charge on any atom is -0.306 e. The molecule has 0 aromatic heterocycles. The van der Waals surface area contributed by atoms with Gasteiger partial charge in [0, 0.05) is 18.0 Å². The Labute approximate surface area is 187 Å². The number of Topliss-reactive ketones (excluding diaryl/α,β-unsaturated/α-hetero) is 1. The van der Waals surface area contributed by atoms with Crippen LogP contribution in [0.25, 0.3) is 0 Å². The zero-order chi connectivity index (χ0) is 21.8. The van der Waals surface area contributed by atoms with E-state index in [4.69, 9.17) is 11.6 Å². The first kappa shape index (κ1) is 21.1. The third-order valence-corrected chi connectivity index (χ3v) is 5.90. The number of carbonyl (C=O) groups is 2. The summed E-state index contributed by atoms with van der Waals surface area (Å²) >= 11 is 6.28. The van der Waals surface area contributed by atoms with Gasteiger partial charge in [0.15, 0.2) is 0 Å². The van der Waals surface area contributed by atoms with E-state index in [9.17, 15) is 9.59 Å². The molecule has 31 heavy (non-hydrogen) atoms. The highest BCUT2D eigenvalue weighted by atomic mass is 35.5. The number of amides is 2. The Morgan fingerprint density at radius 3 is 2.26 bits per heavy atom. The lowest BCUT2D eigenvalue weighted by Crippen LogP contribution is -2.39. The number of hydrogen-bond acceptors (Lipinski definition) is 2. The molecule has 0 radical (unpaired) electrons. The van der Waals surface area contributed by atoms with Gasteiger partial charge in [-0.3, -0.25) is 9.69 Å². The molecule has 0 spiro atoms. The molecule has 1 saturated carbocycles. The minimum atomic E-state index is -0.417. The van der Waals surface area contributed by atoms with Gasteiger partial charge in [0.1, 0.15) is 5.78 Å². The molecule has 1 aliphatic carbocycles. The molecule has 3 aromatic rings. The molecule has 0 bridgehead atoms. The number of carbonyl (C=O) groups excluding carboxylic acids is 2. The van der Waals surface area contributed by atoms with Gasteiger partial charge in [-0.05, 0) is 49.6 Å². The van der Waals surface area contributed by atoms with E-state index in [1.807, 2.05) is 73.7 Å². The summed E-state index contributed by atoms with van der Waals surface area (Å²) in [5, 5.41) is 3.40. The molecule has 4 nitrogen and oxygen atoms in total. The van der Waals surface area contributed by atoms with E-state index in [0.29, 0.717) is 10.7 Å². The fraction of sp³-hybridized carbons (Fsp3) is 0.231. The van der Waals surface area contributed by atoms with Crippen LogP contribution in [0.1, 0.15) is 36.4 Å². The van der Waals surface area contributed by atoms with Crippen molar-refractivity contribution in [1.29, 1.82) is 0 Å². The number of nitrogens with zero attached hydrogens (tertiary/aromatic N) is 1. The van der Waals surface area contributed by atoms with E-state index in [0.717, 1.165) is 29.7 Å². The first-order valence-corrected chi connectivity index (χ1v) is 10.9. The van der Waals surface area contributed by atoms with Gasteiger partial charge in [-0.15, -0.1) is 0 Å². The molecule has 1 N–H and O–H groups in total. The van der Waals surface area contributed by atoms with E-state index in [1.165, 1.54) is 0 Å². The Hall–Kier alpha value is -3.11. The summed E-state index contributed by atoms with van der Waals surface area (Å²) < 4.78 is 0. The number of hydrogen-bond donors (Lipinski definition) is 1. The average molecular weight is 433 g/mol. The van der Waals surface area contributed by atoms with Crippen LogP contribution < -0.4 is 10.2 Å². The maximum Gasteiger partial charge on any atom is 0.326 e. The number of nitrogens with one attached hydrogen (secondary N) is 1. The number of para-hydroxylation sites is 1. The van der Waals surface area contributed by atoms with Crippen LogP contribution in [0, 0.1) is 12.8 Å². The highest BCUT2D eigenvalue weighted by Crippen LogP contribution is 2.37. The number of benzene rings is 3. The molecule has 1 atom stereocenters. The molecule has 0 heterocycles. The second kappa shape index (κ2) is 9.36. The van der Waals surface area contributed by atoms with Gasteiger partial charge in [-0.2, -0.15) is 0 Å². The van der Waals surface area contributed by atoms with Crippen molar-refractivity contribution in [3.05, 3.63) is 95.0 Å². The van der Waals surface area contributed by atoms with Crippen LogP contribution in [0.2, 0.25) is 5.02 Å². The molecule has 5 heteroatoms. The fourth-order valence-electron chi connectivity index (χ4n) is 3.68. The van der Waals surface area contributed by atoms with Crippen LogP contribution in [-0.4, -0.2) is 11.8 Å². The van der Waals surface area contributed by atoms with Crippen molar-refractivity contribution in [2.75, 3.05) is 10.2 Å². The van der Waals surface area contributed by atoms with Crippen molar-refractivity contribution >= 4 is 34.8 Å². The van der Waals surface area contributed by atoms with E-state index >= 15 is 0 Å². The van der Waals surface area contributed by atoms with Gasteiger partial charge in [-0.25, -0.2) is 4.79 Å². The van der Waals surface area contributed by atoms with E-state index in [-0.39, 0.29) is 24.2 Å². The second-order valence-electron chi connectivity index (χ2n) is 7.99. The molecule has 1 unspecified atom stereocenters. The van der Waals surface area contributed by atoms with E-state index in [2.05, 4.69) is 5.32 Å². The largest absolute Gasteiger partial charge is 0.326 e. The number of anilines is 2. The third-order valence-electron chi connectivity index (χ3n) is 5.57. The Balaban J connectivity index is 1.74. The molecule has 3 aromatic carbocycles. The zero-order valence-corrected chi connectivity index (χ0v) is 18.2. The summed E-state index contributed by atoms with van der Waals surface area (Å²) in [6.45, 7) is 2.00. The smallest absolute Gasteiger partial charge is 0.306 e. The Kier molecular flexibility index (Phi) is 6.38. The van der Waals surface area contributed by atoms with Crippen molar-refractivity contribution in [3.8, 4) is 0 Å². The summed E-state index contributed by atoms with van der Waals surface area (Å²) in [6.07, 6.45) is 2.16. The van der Waals surface area contributed by atoms with Crippen LogP contribution in [0.5, 0.6) is 0 Å². The number of ketones is 1. The number of rotatable bonds is 7. The number of aryl methyl sites for hydroxylation is 1. The van der Waals surface area contributed by atoms with Gasteiger partial charge in [-0.1, -0.05) is 71.8 Å². The molecule has 1 fully saturated rings. The first-order chi connectivity index (χ1) is 15.0. The summed E-state index contributed by atoms with van der Waals surface area (Å²) in [4.78, 5) is 28.1. The lowest BCUT2D eigenvalue weighted by atomic mass is 9.97. The Morgan fingerprint density at radius 1 is 0.968 bits per heavy atom. The van der Waals surface area contributed by atoms with Crippen LogP contribution in [0.4, 0.5) is 16.2 Å². The molecule has 1 aliphatic rings.